The summed E-state index contributed by atoms with van der Waals surface area (Å²) in [7, 11) is 1.60. The number of halogens is 1. The van der Waals surface area contributed by atoms with Crippen molar-refractivity contribution >= 4 is 11.0 Å². The van der Waals surface area contributed by atoms with E-state index < -0.39 is 0 Å². The number of aliphatic hydroxyl groups is 1. The number of methoxy groups -OCH3 is 1. The summed E-state index contributed by atoms with van der Waals surface area (Å²) in [5.41, 5.74) is 8.77. The quantitative estimate of drug-likeness (QED) is 0.728. The molecule has 0 aliphatic rings. The van der Waals surface area contributed by atoms with E-state index in [0.717, 1.165) is 22.3 Å². The van der Waals surface area contributed by atoms with Crippen molar-refractivity contribution in [3.05, 3.63) is 54.0 Å². The zero-order valence-electron chi connectivity index (χ0n) is 13.5. The summed E-state index contributed by atoms with van der Waals surface area (Å²) in [5.74, 6) is 0.356. The first kappa shape index (κ1) is 16.5. The van der Waals surface area contributed by atoms with Gasteiger partial charge in [0.15, 0.2) is 0 Å². The number of furan rings is 1. The van der Waals surface area contributed by atoms with Crippen LogP contribution in [0.15, 0.2) is 47.1 Å². The Labute approximate surface area is 139 Å². The first-order valence-electron chi connectivity index (χ1n) is 7.81. The largest absolute Gasteiger partial charge is 0.496 e. The number of fused-ring (bicyclic) bond motifs is 1. The van der Waals surface area contributed by atoms with Gasteiger partial charge in [0.05, 0.1) is 13.4 Å². The normalized spacial score (nSPS) is 12.5. The molecule has 1 unspecified atom stereocenters. The van der Waals surface area contributed by atoms with Gasteiger partial charge in [-0.2, -0.15) is 0 Å². The first-order chi connectivity index (χ1) is 11.7. The van der Waals surface area contributed by atoms with Crippen LogP contribution in [0.1, 0.15) is 5.56 Å². The molecule has 0 spiro atoms. The van der Waals surface area contributed by atoms with Crippen LogP contribution in [0.4, 0.5) is 4.39 Å². The lowest BCUT2D eigenvalue weighted by molar-refractivity contribution is 0.229. The van der Waals surface area contributed by atoms with E-state index in [1.807, 2.05) is 18.2 Å². The Morgan fingerprint density at radius 1 is 1.25 bits per heavy atom. The maximum Gasteiger partial charge on any atom is 0.141 e. The predicted octanol–water partition coefficient (Wildman–Crippen LogP) is 3.36. The third-order valence-corrected chi connectivity index (χ3v) is 4.21. The Morgan fingerprint density at radius 3 is 2.79 bits per heavy atom. The molecule has 3 aromatic rings. The van der Waals surface area contributed by atoms with E-state index in [2.05, 4.69) is 0 Å². The minimum absolute atomic E-state index is 0.00623. The zero-order valence-corrected chi connectivity index (χ0v) is 13.5. The van der Waals surface area contributed by atoms with Crippen LogP contribution < -0.4 is 10.5 Å². The molecule has 3 N–H and O–H groups in total. The van der Waals surface area contributed by atoms with Gasteiger partial charge in [0.1, 0.15) is 17.1 Å². The second kappa shape index (κ2) is 7.03. The lowest BCUT2D eigenvalue weighted by Crippen LogP contribution is -2.20. The Kier molecular flexibility index (Phi) is 4.83. The number of aliphatic hydroxyl groups excluding tert-OH is 1. The van der Waals surface area contributed by atoms with Crippen molar-refractivity contribution in [1.29, 1.82) is 0 Å². The van der Waals surface area contributed by atoms with E-state index in [9.17, 15) is 9.50 Å². The van der Waals surface area contributed by atoms with Crippen LogP contribution in [0, 0.1) is 11.7 Å². The second-order valence-electron chi connectivity index (χ2n) is 5.81. The topological polar surface area (TPSA) is 68.6 Å². The molecule has 0 amide bonds. The Bertz CT molecular complexity index is 840. The van der Waals surface area contributed by atoms with Gasteiger partial charge in [0, 0.05) is 17.6 Å². The van der Waals surface area contributed by atoms with Crippen molar-refractivity contribution in [2.75, 3.05) is 20.3 Å². The van der Waals surface area contributed by atoms with E-state index in [1.54, 1.807) is 19.4 Å². The number of nitrogens with two attached hydrogens (primary N) is 1. The van der Waals surface area contributed by atoms with E-state index in [-0.39, 0.29) is 18.3 Å². The SMILES string of the molecule is COc1ccc(-c2cc(F)cc3ccoc23)cc1CC(CN)CO. The Balaban J connectivity index is 2.09. The summed E-state index contributed by atoms with van der Waals surface area (Å²) in [5, 5.41) is 10.1. The molecule has 1 atom stereocenters. The first-order valence-corrected chi connectivity index (χ1v) is 7.81. The van der Waals surface area contributed by atoms with Crippen LogP contribution in [0.5, 0.6) is 5.75 Å². The van der Waals surface area contributed by atoms with Gasteiger partial charge in [-0.25, -0.2) is 4.39 Å². The van der Waals surface area contributed by atoms with E-state index in [0.29, 0.717) is 24.1 Å². The third kappa shape index (κ3) is 3.13. The molecule has 0 saturated heterocycles. The van der Waals surface area contributed by atoms with E-state index in [1.165, 1.54) is 12.1 Å². The molecule has 0 radical (unpaired) electrons. The molecule has 3 rings (SSSR count). The Morgan fingerprint density at radius 2 is 2.08 bits per heavy atom. The summed E-state index contributed by atoms with van der Waals surface area (Å²) >= 11 is 0. The summed E-state index contributed by atoms with van der Waals surface area (Å²) < 4.78 is 24.8. The van der Waals surface area contributed by atoms with Crippen LogP contribution in [0.2, 0.25) is 0 Å². The van der Waals surface area contributed by atoms with Gasteiger partial charge >= 0.3 is 0 Å². The van der Waals surface area contributed by atoms with Crippen molar-refractivity contribution in [2.24, 2.45) is 11.7 Å². The lowest BCUT2D eigenvalue weighted by atomic mass is 9.95. The predicted molar refractivity (Wildman–Crippen MR) is 91.5 cm³/mol. The molecule has 5 heteroatoms. The summed E-state index contributed by atoms with van der Waals surface area (Å²) in [6.07, 6.45) is 2.13. The minimum Gasteiger partial charge on any atom is -0.496 e. The van der Waals surface area contributed by atoms with Gasteiger partial charge in [-0.05, 0) is 60.3 Å². The van der Waals surface area contributed by atoms with Crippen molar-refractivity contribution in [3.8, 4) is 16.9 Å². The maximum absolute atomic E-state index is 13.9. The van der Waals surface area contributed by atoms with Crippen molar-refractivity contribution in [3.63, 3.8) is 0 Å². The maximum atomic E-state index is 13.9. The van der Waals surface area contributed by atoms with Gasteiger partial charge < -0.3 is 20.0 Å². The smallest absolute Gasteiger partial charge is 0.141 e. The lowest BCUT2D eigenvalue weighted by Gasteiger charge is -2.16. The zero-order chi connectivity index (χ0) is 17.1. The van der Waals surface area contributed by atoms with Gasteiger partial charge in [0.2, 0.25) is 0 Å². The third-order valence-electron chi connectivity index (χ3n) is 4.21. The molecule has 0 aliphatic carbocycles. The Hall–Kier alpha value is -2.37. The van der Waals surface area contributed by atoms with Crippen molar-refractivity contribution in [1.82, 2.24) is 0 Å². The molecular weight excluding hydrogens is 309 g/mol. The number of hydrogen-bond donors (Lipinski definition) is 2. The molecule has 0 saturated carbocycles. The number of rotatable bonds is 6. The van der Waals surface area contributed by atoms with Gasteiger partial charge in [-0.1, -0.05) is 6.07 Å². The average Bonchev–Trinajstić information content (AvgIpc) is 3.06. The van der Waals surface area contributed by atoms with Crippen molar-refractivity contribution < 1.29 is 18.7 Å². The van der Waals surface area contributed by atoms with Crippen LogP contribution in [0.25, 0.3) is 22.1 Å². The van der Waals surface area contributed by atoms with Crippen LogP contribution in [-0.4, -0.2) is 25.4 Å². The van der Waals surface area contributed by atoms with E-state index in [4.69, 9.17) is 14.9 Å². The fourth-order valence-corrected chi connectivity index (χ4v) is 2.90. The monoisotopic (exact) mass is 329 g/mol. The summed E-state index contributed by atoms with van der Waals surface area (Å²) in [6, 6.07) is 10.3. The van der Waals surface area contributed by atoms with Crippen LogP contribution in [0.3, 0.4) is 0 Å². The minimum atomic E-state index is -0.313. The highest BCUT2D eigenvalue weighted by Crippen LogP contribution is 2.34. The molecule has 1 aromatic heterocycles. The highest BCUT2D eigenvalue weighted by molar-refractivity contribution is 5.92. The molecular formula is C19H20FNO3. The summed E-state index contributed by atoms with van der Waals surface area (Å²) in [6.45, 7) is 0.387. The number of ether oxygens (including phenoxy) is 1. The van der Waals surface area contributed by atoms with Crippen LogP contribution >= 0.6 is 0 Å². The van der Waals surface area contributed by atoms with E-state index >= 15 is 0 Å². The molecule has 4 nitrogen and oxygen atoms in total. The van der Waals surface area contributed by atoms with Gasteiger partial charge in [-0.3, -0.25) is 0 Å². The fourth-order valence-electron chi connectivity index (χ4n) is 2.90. The molecule has 0 aliphatic heterocycles. The number of hydrogen-bond acceptors (Lipinski definition) is 4. The highest BCUT2D eigenvalue weighted by atomic mass is 19.1. The number of benzene rings is 2. The molecule has 0 bridgehead atoms. The fraction of sp³-hybridized carbons (Fsp3) is 0.263. The molecule has 24 heavy (non-hydrogen) atoms. The standard InChI is InChI=1S/C19H20FNO3/c1-23-18-3-2-13(7-15(18)6-12(10-21)11-22)17-9-16(20)8-14-4-5-24-19(14)17/h2-5,7-9,12,22H,6,10-11,21H2,1H3. The second-order valence-corrected chi connectivity index (χ2v) is 5.81. The van der Waals surface area contributed by atoms with Crippen LogP contribution in [-0.2, 0) is 6.42 Å². The highest BCUT2D eigenvalue weighted by Gasteiger charge is 2.15. The van der Waals surface area contributed by atoms with Crippen molar-refractivity contribution in [2.45, 2.75) is 6.42 Å². The molecule has 2 aromatic carbocycles. The molecule has 126 valence electrons. The molecule has 0 fully saturated rings. The molecule has 1 heterocycles. The average molecular weight is 329 g/mol. The summed E-state index contributed by atoms with van der Waals surface area (Å²) in [4.78, 5) is 0. The van der Waals surface area contributed by atoms with Gasteiger partial charge in [0.25, 0.3) is 0 Å². The van der Waals surface area contributed by atoms with Gasteiger partial charge in [-0.15, -0.1) is 0 Å².